The number of sulfone groups is 1. The predicted molar refractivity (Wildman–Crippen MR) is 110 cm³/mol. The molecule has 3 aromatic rings. The second kappa shape index (κ2) is 7.88. The van der Waals surface area contributed by atoms with Crippen LogP contribution < -0.4 is 5.32 Å². The molecule has 0 bridgehead atoms. The number of fused-ring (bicyclic) bond motifs is 3. The number of alkyl halides is 6. The number of β-amino-alcohol motifs (C(OH)–C–C–N with tert-alkyl or cyclic N) is 1. The highest BCUT2D eigenvalue weighted by atomic mass is 32.2. The number of aromatic nitrogens is 1. The molecule has 2 N–H and O–H groups in total. The molecule has 0 amide bonds. The zero-order valence-corrected chi connectivity index (χ0v) is 18.1. The zero-order chi connectivity index (χ0) is 24.3. The molecule has 1 aromatic heterocycles. The molecule has 1 aliphatic rings. The Morgan fingerprint density at radius 3 is 2.30 bits per heavy atom. The van der Waals surface area contributed by atoms with Crippen molar-refractivity contribution < 1.29 is 39.9 Å². The Morgan fingerprint density at radius 2 is 1.70 bits per heavy atom. The first-order valence-electron chi connectivity index (χ1n) is 10.0. The minimum Gasteiger partial charge on any atom is -0.390 e. The fraction of sp³-hybridized carbons (Fsp3) is 0.429. The van der Waals surface area contributed by atoms with Gasteiger partial charge in [0.2, 0.25) is 0 Å². The van der Waals surface area contributed by atoms with Crippen molar-refractivity contribution in [2.24, 2.45) is 0 Å². The van der Waals surface area contributed by atoms with Crippen LogP contribution >= 0.6 is 0 Å². The van der Waals surface area contributed by atoms with Gasteiger partial charge in [0.15, 0.2) is 9.84 Å². The van der Waals surface area contributed by atoms with Gasteiger partial charge in [0, 0.05) is 29.1 Å². The molecule has 33 heavy (non-hydrogen) atoms. The molecule has 2 atom stereocenters. The van der Waals surface area contributed by atoms with E-state index in [4.69, 9.17) is 0 Å². The molecule has 2 aromatic carbocycles. The molecular formula is C21H20F6N2O3S. The summed E-state index contributed by atoms with van der Waals surface area (Å²) in [5, 5.41) is 13.0. The van der Waals surface area contributed by atoms with Crippen LogP contribution in [0.15, 0.2) is 35.2 Å². The number of rotatable bonds is 2. The van der Waals surface area contributed by atoms with E-state index in [1.165, 1.54) is 4.57 Å². The lowest BCUT2D eigenvalue weighted by Crippen LogP contribution is -2.31. The summed E-state index contributed by atoms with van der Waals surface area (Å²) in [4.78, 5) is -1.07. The van der Waals surface area contributed by atoms with Crippen LogP contribution in [-0.2, 0) is 22.2 Å². The van der Waals surface area contributed by atoms with Crippen LogP contribution in [0.3, 0.4) is 0 Å². The first-order chi connectivity index (χ1) is 15.2. The summed E-state index contributed by atoms with van der Waals surface area (Å²) in [5.41, 5.74) is -2.43. The van der Waals surface area contributed by atoms with Gasteiger partial charge in [-0.05, 0) is 49.7 Å². The molecule has 1 saturated heterocycles. The Bertz CT molecular complexity index is 1330. The second-order valence-electron chi connectivity index (χ2n) is 8.19. The third kappa shape index (κ3) is 4.19. The third-order valence-electron chi connectivity index (χ3n) is 5.91. The van der Waals surface area contributed by atoms with Gasteiger partial charge in [-0.3, -0.25) is 0 Å². The Kier molecular flexibility index (Phi) is 5.69. The number of nitrogens with zero attached hydrogens (tertiary/aromatic N) is 1. The van der Waals surface area contributed by atoms with E-state index in [9.17, 15) is 39.9 Å². The van der Waals surface area contributed by atoms with Crippen LogP contribution in [0.4, 0.5) is 26.3 Å². The molecular weight excluding hydrogens is 474 g/mol. The monoisotopic (exact) mass is 494 g/mol. The van der Waals surface area contributed by atoms with Gasteiger partial charge in [-0.2, -0.15) is 26.3 Å². The van der Waals surface area contributed by atoms with Crippen molar-refractivity contribution in [1.82, 2.24) is 9.88 Å². The van der Waals surface area contributed by atoms with Gasteiger partial charge >= 0.3 is 12.4 Å². The summed E-state index contributed by atoms with van der Waals surface area (Å²) < 4.78 is 108. The van der Waals surface area contributed by atoms with Crippen LogP contribution in [-0.4, -0.2) is 43.5 Å². The number of hydrogen-bond donors (Lipinski definition) is 2. The van der Waals surface area contributed by atoms with E-state index >= 15 is 0 Å². The standard InChI is InChI=1S/C21H20F6N2O3S/c1-33(31,32)19-13(21(25,26)27)5-7-16-18(19)12-9-11(20(22,23)24)4-6-14(12)29(16)15-3-2-8-28-10-17(15)30/h4-7,9,15,17,28,30H,2-3,8,10H2,1H3/t15-,17-/m1/s1. The van der Waals surface area contributed by atoms with Crippen molar-refractivity contribution in [2.75, 3.05) is 19.3 Å². The molecule has 0 aliphatic carbocycles. The topological polar surface area (TPSA) is 71.3 Å². The average molecular weight is 494 g/mol. The van der Waals surface area contributed by atoms with Crippen LogP contribution in [0.5, 0.6) is 0 Å². The van der Waals surface area contributed by atoms with Gasteiger partial charge < -0.3 is 15.0 Å². The van der Waals surface area contributed by atoms with E-state index < -0.39 is 55.7 Å². The molecule has 2 heterocycles. The molecule has 5 nitrogen and oxygen atoms in total. The van der Waals surface area contributed by atoms with Crippen LogP contribution in [0.1, 0.15) is 30.0 Å². The highest BCUT2D eigenvalue weighted by Gasteiger charge is 2.39. The number of nitrogens with one attached hydrogen (secondary N) is 1. The van der Waals surface area contributed by atoms with E-state index in [1.807, 2.05) is 0 Å². The molecule has 0 saturated carbocycles. The highest BCUT2D eigenvalue weighted by molar-refractivity contribution is 7.91. The van der Waals surface area contributed by atoms with Crippen LogP contribution in [0.25, 0.3) is 21.8 Å². The summed E-state index contributed by atoms with van der Waals surface area (Å²) in [5.74, 6) is 0. The molecule has 0 radical (unpaired) electrons. The molecule has 1 fully saturated rings. The van der Waals surface area contributed by atoms with Crippen molar-refractivity contribution in [3.05, 3.63) is 41.5 Å². The van der Waals surface area contributed by atoms with Gasteiger partial charge in [0.1, 0.15) is 0 Å². The Balaban J connectivity index is 2.21. The number of hydrogen-bond acceptors (Lipinski definition) is 4. The third-order valence-corrected chi connectivity index (χ3v) is 7.07. The number of aliphatic hydroxyl groups excluding tert-OH is 1. The van der Waals surface area contributed by atoms with E-state index in [1.54, 1.807) is 0 Å². The maximum Gasteiger partial charge on any atom is 0.417 e. The second-order valence-corrected chi connectivity index (χ2v) is 10.1. The van der Waals surface area contributed by atoms with E-state index in [2.05, 4.69) is 5.32 Å². The fourth-order valence-electron chi connectivity index (χ4n) is 4.57. The summed E-state index contributed by atoms with van der Waals surface area (Å²) in [6.07, 6.45) is -9.24. The largest absolute Gasteiger partial charge is 0.417 e. The Hall–Kier alpha value is -2.31. The fourth-order valence-corrected chi connectivity index (χ4v) is 5.74. The van der Waals surface area contributed by atoms with Gasteiger partial charge in [-0.15, -0.1) is 0 Å². The molecule has 0 spiro atoms. The van der Waals surface area contributed by atoms with Gasteiger partial charge in [0.05, 0.1) is 33.7 Å². The van der Waals surface area contributed by atoms with E-state index in [-0.39, 0.29) is 23.0 Å². The van der Waals surface area contributed by atoms with Gasteiger partial charge in [-0.1, -0.05) is 0 Å². The lowest BCUT2D eigenvalue weighted by atomic mass is 10.1. The van der Waals surface area contributed by atoms with Crippen LogP contribution in [0.2, 0.25) is 0 Å². The van der Waals surface area contributed by atoms with Gasteiger partial charge in [0.25, 0.3) is 0 Å². The quantitative estimate of drug-likeness (QED) is 0.514. The van der Waals surface area contributed by atoms with Crippen molar-refractivity contribution >= 4 is 31.6 Å². The SMILES string of the molecule is CS(=O)(=O)c1c(C(F)(F)F)ccc2c1c1cc(C(F)(F)F)ccc1n2[C@@H]1CCCNC[C@H]1O. The molecule has 4 rings (SSSR count). The smallest absolute Gasteiger partial charge is 0.390 e. The number of benzene rings is 2. The summed E-state index contributed by atoms with van der Waals surface area (Å²) in [7, 11) is -4.51. The van der Waals surface area contributed by atoms with Crippen molar-refractivity contribution in [3.8, 4) is 0 Å². The minimum atomic E-state index is -5.05. The number of aliphatic hydroxyl groups is 1. The van der Waals surface area contributed by atoms with Crippen molar-refractivity contribution in [3.63, 3.8) is 0 Å². The lowest BCUT2D eigenvalue weighted by Gasteiger charge is -2.24. The lowest BCUT2D eigenvalue weighted by molar-refractivity contribution is -0.140. The predicted octanol–water partition coefficient (Wildman–Crippen LogP) is 4.52. The highest BCUT2D eigenvalue weighted by Crippen LogP contribution is 2.45. The summed E-state index contributed by atoms with van der Waals surface area (Å²) in [6.45, 7) is 0.752. The molecule has 12 heteroatoms. The number of halogens is 6. The molecule has 180 valence electrons. The average Bonchev–Trinajstić information content (AvgIpc) is 2.86. The minimum absolute atomic E-state index is 0.0173. The molecule has 1 aliphatic heterocycles. The van der Waals surface area contributed by atoms with Crippen LogP contribution in [0, 0.1) is 0 Å². The Labute approximate surface area is 184 Å². The Morgan fingerprint density at radius 1 is 1.03 bits per heavy atom. The van der Waals surface area contributed by atoms with E-state index in [0.717, 1.165) is 18.2 Å². The maximum absolute atomic E-state index is 13.8. The normalized spacial score (nSPS) is 21.0. The van der Waals surface area contributed by atoms with Crippen molar-refractivity contribution in [2.45, 2.75) is 42.2 Å². The molecule has 0 unspecified atom stereocenters. The van der Waals surface area contributed by atoms with Gasteiger partial charge in [-0.25, -0.2) is 8.42 Å². The first kappa shape index (κ1) is 23.8. The maximum atomic E-state index is 13.8. The summed E-state index contributed by atoms with van der Waals surface area (Å²) in [6, 6.07) is 3.59. The summed E-state index contributed by atoms with van der Waals surface area (Å²) >= 11 is 0. The first-order valence-corrected chi connectivity index (χ1v) is 11.9. The zero-order valence-electron chi connectivity index (χ0n) is 17.3. The van der Waals surface area contributed by atoms with Crippen molar-refractivity contribution in [1.29, 1.82) is 0 Å². The van der Waals surface area contributed by atoms with E-state index in [0.29, 0.717) is 37.8 Å².